The lowest BCUT2D eigenvalue weighted by molar-refractivity contribution is 0.0601. The summed E-state index contributed by atoms with van der Waals surface area (Å²) in [5.74, 6) is 0.418. The van der Waals surface area contributed by atoms with Gasteiger partial charge in [-0.2, -0.15) is 0 Å². The van der Waals surface area contributed by atoms with Gasteiger partial charge in [0.15, 0.2) is 0 Å². The zero-order chi connectivity index (χ0) is 16.7. The molecule has 0 saturated carbocycles. The highest BCUT2D eigenvalue weighted by molar-refractivity contribution is 6.30. The van der Waals surface area contributed by atoms with Crippen molar-refractivity contribution in [3.8, 4) is 5.75 Å². The second kappa shape index (κ2) is 5.71. The van der Waals surface area contributed by atoms with Crippen molar-refractivity contribution in [3.63, 3.8) is 0 Å². The third kappa shape index (κ3) is 2.42. The SMILES string of the molecule is COC(=O)c1ccc2c(c1)NC[C@@]1(CCc3cc(Cl)ccc31)CO2. The summed E-state index contributed by atoms with van der Waals surface area (Å²) in [6.07, 6.45) is 2.03. The topological polar surface area (TPSA) is 47.6 Å². The number of fused-ring (bicyclic) bond motifs is 3. The third-order valence-electron chi connectivity index (χ3n) is 5.03. The molecule has 0 aromatic heterocycles. The lowest BCUT2D eigenvalue weighted by Gasteiger charge is -2.28. The molecule has 1 N–H and O–H groups in total. The molecule has 2 aliphatic rings. The van der Waals surface area contributed by atoms with Crippen LogP contribution in [-0.2, 0) is 16.6 Å². The van der Waals surface area contributed by atoms with Crippen LogP contribution in [0.4, 0.5) is 5.69 Å². The van der Waals surface area contributed by atoms with Gasteiger partial charge in [-0.3, -0.25) is 0 Å². The number of hydrogen-bond donors (Lipinski definition) is 1. The molecule has 2 aromatic rings. The molecule has 0 radical (unpaired) electrons. The molecule has 1 heterocycles. The molecule has 1 spiro atoms. The Kier molecular flexibility index (Phi) is 3.65. The summed E-state index contributed by atoms with van der Waals surface area (Å²) in [5.41, 5.74) is 3.89. The molecule has 24 heavy (non-hydrogen) atoms. The van der Waals surface area contributed by atoms with E-state index in [0.29, 0.717) is 12.2 Å². The lowest BCUT2D eigenvalue weighted by atomic mass is 9.82. The summed E-state index contributed by atoms with van der Waals surface area (Å²) in [4.78, 5) is 11.7. The molecule has 0 bridgehead atoms. The van der Waals surface area contributed by atoms with Gasteiger partial charge in [0.25, 0.3) is 0 Å². The number of esters is 1. The van der Waals surface area contributed by atoms with Crippen LogP contribution in [0.15, 0.2) is 36.4 Å². The number of benzene rings is 2. The zero-order valence-electron chi connectivity index (χ0n) is 13.4. The van der Waals surface area contributed by atoms with E-state index in [-0.39, 0.29) is 11.4 Å². The molecule has 1 atom stereocenters. The maximum Gasteiger partial charge on any atom is 0.337 e. The van der Waals surface area contributed by atoms with Crippen LogP contribution in [0.3, 0.4) is 0 Å². The fourth-order valence-electron chi connectivity index (χ4n) is 3.70. The van der Waals surface area contributed by atoms with Gasteiger partial charge in [0, 0.05) is 17.0 Å². The van der Waals surface area contributed by atoms with Crippen molar-refractivity contribution >= 4 is 23.3 Å². The van der Waals surface area contributed by atoms with Crippen LogP contribution >= 0.6 is 11.6 Å². The standard InChI is InChI=1S/C19H18ClNO3/c1-23-18(22)13-2-5-17-16(9-13)21-10-19(11-24-17)7-6-12-8-14(20)3-4-15(12)19/h2-5,8-9,21H,6-7,10-11H2,1H3/t19-/m0/s1. The van der Waals surface area contributed by atoms with Crippen molar-refractivity contribution in [1.29, 1.82) is 0 Å². The molecule has 5 heteroatoms. The molecule has 1 aliphatic carbocycles. The summed E-state index contributed by atoms with van der Waals surface area (Å²) in [6, 6.07) is 11.5. The first-order valence-corrected chi connectivity index (χ1v) is 8.37. The molecule has 4 rings (SSSR count). The Hall–Kier alpha value is -2.20. The van der Waals surface area contributed by atoms with Crippen LogP contribution in [0, 0.1) is 0 Å². The van der Waals surface area contributed by atoms with Crippen LogP contribution in [0.2, 0.25) is 5.02 Å². The molecule has 0 saturated heterocycles. The maximum atomic E-state index is 11.7. The average Bonchev–Trinajstić information content (AvgIpc) is 2.84. The van der Waals surface area contributed by atoms with Crippen LogP contribution in [-0.4, -0.2) is 26.2 Å². The van der Waals surface area contributed by atoms with Crippen LogP contribution < -0.4 is 10.1 Å². The van der Waals surface area contributed by atoms with E-state index in [1.165, 1.54) is 18.2 Å². The molecule has 0 unspecified atom stereocenters. The van der Waals surface area contributed by atoms with Gasteiger partial charge in [-0.05, 0) is 54.3 Å². The monoisotopic (exact) mass is 343 g/mol. The van der Waals surface area contributed by atoms with Crippen molar-refractivity contribution < 1.29 is 14.3 Å². The second-order valence-electron chi connectivity index (χ2n) is 6.43. The largest absolute Gasteiger partial charge is 0.490 e. The van der Waals surface area contributed by atoms with E-state index in [1.807, 2.05) is 12.1 Å². The molecular weight excluding hydrogens is 326 g/mol. The molecule has 4 nitrogen and oxygen atoms in total. The van der Waals surface area contributed by atoms with Crippen molar-refractivity contribution in [3.05, 3.63) is 58.1 Å². The number of rotatable bonds is 1. The molecule has 124 valence electrons. The smallest absolute Gasteiger partial charge is 0.337 e. The van der Waals surface area contributed by atoms with E-state index in [0.717, 1.165) is 35.8 Å². The van der Waals surface area contributed by atoms with Gasteiger partial charge >= 0.3 is 5.97 Å². The van der Waals surface area contributed by atoms with Gasteiger partial charge in [-0.15, -0.1) is 0 Å². The first kappa shape index (κ1) is 15.3. The Morgan fingerprint density at radius 3 is 3.00 bits per heavy atom. The number of aryl methyl sites for hydroxylation is 1. The van der Waals surface area contributed by atoms with Gasteiger partial charge < -0.3 is 14.8 Å². The van der Waals surface area contributed by atoms with Crippen molar-refractivity contribution in [2.45, 2.75) is 18.3 Å². The summed E-state index contributed by atoms with van der Waals surface area (Å²) in [5, 5.41) is 4.24. The van der Waals surface area contributed by atoms with Gasteiger partial charge in [-0.1, -0.05) is 17.7 Å². The predicted octanol–water partition coefficient (Wildman–Crippen LogP) is 3.82. The summed E-state index contributed by atoms with van der Waals surface area (Å²) < 4.78 is 10.9. The highest BCUT2D eigenvalue weighted by Crippen LogP contribution is 2.43. The maximum absolute atomic E-state index is 11.7. The molecule has 0 fully saturated rings. The van der Waals surface area contributed by atoms with E-state index < -0.39 is 0 Å². The molecule has 0 amide bonds. The Balaban J connectivity index is 1.66. The lowest BCUT2D eigenvalue weighted by Crippen LogP contribution is -2.36. The number of hydrogen-bond acceptors (Lipinski definition) is 4. The quantitative estimate of drug-likeness (QED) is 0.800. The van der Waals surface area contributed by atoms with Gasteiger partial charge in [0.2, 0.25) is 0 Å². The minimum Gasteiger partial charge on any atom is -0.490 e. The Labute approximate surface area is 145 Å². The molecular formula is C19H18ClNO3. The number of anilines is 1. The van der Waals surface area contributed by atoms with E-state index in [1.54, 1.807) is 12.1 Å². The van der Waals surface area contributed by atoms with Gasteiger partial charge in [-0.25, -0.2) is 4.79 Å². The van der Waals surface area contributed by atoms with Crippen molar-refractivity contribution in [2.24, 2.45) is 0 Å². The Morgan fingerprint density at radius 1 is 1.29 bits per heavy atom. The van der Waals surface area contributed by atoms with Crippen LogP contribution in [0.1, 0.15) is 27.9 Å². The molecule has 2 aromatic carbocycles. The first-order chi connectivity index (χ1) is 11.6. The number of halogens is 1. The van der Waals surface area contributed by atoms with Crippen LogP contribution in [0.25, 0.3) is 0 Å². The predicted molar refractivity (Wildman–Crippen MR) is 93.2 cm³/mol. The number of ether oxygens (including phenoxy) is 2. The Bertz CT molecular complexity index is 820. The average molecular weight is 344 g/mol. The second-order valence-corrected chi connectivity index (χ2v) is 6.86. The van der Waals surface area contributed by atoms with Gasteiger partial charge in [0.05, 0.1) is 25.0 Å². The number of carbonyl (C=O) groups is 1. The van der Waals surface area contributed by atoms with Gasteiger partial charge in [0.1, 0.15) is 5.75 Å². The number of methoxy groups -OCH3 is 1. The highest BCUT2D eigenvalue weighted by atomic mass is 35.5. The fourth-order valence-corrected chi connectivity index (χ4v) is 3.89. The van der Waals surface area contributed by atoms with Crippen molar-refractivity contribution in [1.82, 2.24) is 0 Å². The van der Waals surface area contributed by atoms with Crippen molar-refractivity contribution in [2.75, 3.05) is 25.6 Å². The van der Waals surface area contributed by atoms with Crippen LogP contribution in [0.5, 0.6) is 5.75 Å². The number of nitrogens with one attached hydrogen (secondary N) is 1. The van der Waals surface area contributed by atoms with E-state index >= 15 is 0 Å². The fraction of sp³-hybridized carbons (Fsp3) is 0.316. The summed E-state index contributed by atoms with van der Waals surface area (Å²) in [7, 11) is 1.38. The molecule has 1 aliphatic heterocycles. The number of carbonyl (C=O) groups excluding carboxylic acids is 1. The zero-order valence-corrected chi connectivity index (χ0v) is 14.2. The summed E-state index contributed by atoms with van der Waals surface area (Å²) >= 11 is 6.13. The minimum absolute atomic E-state index is 0.0651. The normalized spacial score (nSPS) is 21.2. The minimum atomic E-state index is -0.348. The van der Waals surface area contributed by atoms with E-state index in [9.17, 15) is 4.79 Å². The Morgan fingerprint density at radius 2 is 2.17 bits per heavy atom. The third-order valence-corrected chi connectivity index (χ3v) is 5.27. The first-order valence-electron chi connectivity index (χ1n) is 7.99. The van der Waals surface area contributed by atoms with E-state index in [2.05, 4.69) is 17.4 Å². The highest BCUT2D eigenvalue weighted by Gasteiger charge is 2.41. The van der Waals surface area contributed by atoms with E-state index in [4.69, 9.17) is 21.1 Å². The summed E-state index contributed by atoms with van der Waals surface area (Å²) in [6.45, 7) is 1.37.